The fourth-order valence-corrected chi connectivity index (χ4v) is 7.43. The normalized spacial score (nSPS) is 10.7. The molecule has 0 aromatic heterocycles. The van der Waals surface area contributed by atoms with Crippen molar-refractivity contribution < 1.29 is 14.2 Å². The van der Waals surface area contributed by atoms with Crippen molar-refractivity contribution in [3.8, 4) is 67.9 Å². The zero-order valence-electron chi connectivity index (χ0n) is 35.0. The lowest BCUT2D eigenvalue weighted by atomic mass is 10.0. The first kappa shape index (κ1) is 40.1. The molecule has 0 aliphatic rings. The molecular formula is C59H45NO3. The van der Waals surface area contributed by atoms with Crippen molar-refractivity contribution in [1.29, 1.82) is 0 Å². The van der Waals surface area contributed by atoms with E-state index in [0.29, 0.717) is 0 Å². The van der Waals surface area contributed by atoms with E-state index in [1.807, 2.05) is 109 Å². The molecule has 4 heteroatoms. The van der Waals surface area contributed by atoms with Gasteiger partial charge in [0.25, 0.3) is 0 Å². The van der Waals surface area contributed by atoms with Gasteiger partial charge in [-0.1, -0.05) is 140 Å². The van der Waals surface area contributed by atoms with Crippen LogP contribution in [0.3, 0.4) is 0 Å². The minimum Gasteiger partial charge on any atom is -0.457 e. The van der Waals surface area contributed by atoms with Gasteiger partial charge in [0.2, 0.25) is 0 Å². The number of rotatable bonds is 14. The Morgan fingerprint density at radius 1 is 0.317 bits per heavy atom. The van der Waals surface area contributed by atoms with E-state index in [9.17, 15) is 0 Å². The van der Waals surface area contributed by atoms with Crippen molar-refractivity contribution in [3.63, 3.8) is 0 Å². The number of hydrogen-bond donors (Lipinski definition) is 0. The maximum absolute atomic E-state index is 6.22. The predicted octanol–water partition coefficient (Wildman–Crippen LogP) is 17.1. The second kappa shape index (κ2) is 18.5. The summed E-state index contributed by atoms with van der Waals surface area (Å²) in [5.41, 5.74) is 12.9. The summed E-state index contributed by atoms with van der Waals surface area (Å²) < 4.78 is 18.6. The minimum atomic E-state index is 0.774. The molecule has 0 atom stereocenters. The second-order valence-electron chi connectivity index (χ2n) is 15.2. The van der Waals surface area contributed by atoms with Gasteiger partial charge in [-0.2, -0.15) is 0 Å². The van der Waals surface area contributed by atoms with Crippen LogP contribution >= 0.6 is 0 Å². The Bertz CT molecular complexity index is 2830. The van der Waals surface area contributed by atoms with E-state index < -0.39 is 0 Å². The molecule has 4 nitrogen and oxygen atoms in total. The van der Waals surface area contributed by atoms with E-state index in [4.69, 9.17) is 14.2 Å². The van der Waals surface area contributed by atoms with Crippen LogP contribution in [0.4, 0.5) is 17.1 Å². The molecule has 0 N–H and O–H groups in total. The molecule has 0 radical (unpaired) electrons. The van der Waals surface area contributed by atoms with Gasteiger partial charge in [-0.05, 0) is 161 Å². The molecule has 0 aliphatic carbocycles. The van der Waals surface area contributed by atoms with Gasteiger partial charge in [0, 0.05) is 17.1 Å². The maximum Gasteiger partial charge on any atom is 0.128 e. The highest BCUT2D eigenvalue weighted by Gasteiger charge is 2.15. The summed E-state index contributed by atoms with van der Waals surface area (Å²) in [7, 11) is 0. The summed E-state index contributed by atoms with van der Waals surface area (Å²) >= 11 is 0. The molecule has 9 aromatic carbocycles. The van der Waals surface area contributed by atoms with Gasteiger partial charge < -0.3 is 19.1 Å². The number of hydrogen-bond acceptors (Lipinski definition) is 4. The van der Waals surface area contributed by atoms with Gasteiger partial charge in [0.15, 0.2) is 0 Å². The molecule has 0 bridgehead atoms. The van der Waals surface area contributed by atoms with Crippen molar-refractivity contribution >= 4 is 29.2 Å². The van der Waals surface area contributed by atoms with Gasteiger partial charge in [-0.25, -0.2) is 0 Å². The molecule has 0 spiro atoms. The SMILES string of the molecule is C=Cc1ccc(Oc2cccc(-c3ccc(N(c4ccc(-c5cccc(Oc6ccc(C)cc6)c5)cc4)c4ccc(-c5cccc(Oc6ccc(C=C)cc6)c5)cc4)cc3)c2)cc1. The molecule has 0 fully saturated rings. The summed E-state index contributed by atoms with van der Waals surface area (Å²) in [5.74, 6) is 4.71. The van der Waals surface area contributed by atoms with Crippen LogP contribution in [0.1, 0.15) is 16.7 Å². The summed E-state index contributed by atoms with van der Waals surface area (Å²) in [4.78, 5) is 2.28. The van der Waals surface area contributed by atoms with E-state index in [1.165, 1.54) is 5.56 Å². The zero-order chi connectivity index (χ0) is 43.0. The zero-order valence-corrected chi connectivity index (χ0v) is 35.0. The van der Waals surface area contributed by atoms with E-state index in [-0.39, 0.29) is 0 Å². The summed E-state index contributed by atoms with van der Waals surface area (Å²) in [6.45, 7) is 9.77. The number of benzene rings is 9. The van der Waals surface area contributed by atoms with Crippen LogP contribution in [0.15, 0.2) is 232 Å². The Labute approximate surface area is 369 Å². The smallest absolute Gasteiger partial charge is 0.128 e. The van der Waals surface area contributed by atoms with Crippen LogP contribution in [-0.2, 0) is 0 Å². The lowest BCUT2D eigenvalue weighted by molar-refractivity contribution is 0.482. The van der Waals surface area contributed by atoms with Crippen LogP contribution in [0, 0.1) is 6.92 Å². The first-order chi connectivity index (χ1) is 31.0. The highest BCUT2D eigenvalue weighted by Crippen LogP contribution is 2.39. The van der Waals surface area contributed by atoms with Crippen LogP contribution < -0.4 is 19.1 Å². The fraction of sp³-hybridized carbons (Fsp3) is 0.0169. The van der Waals surface area contributed by atoms with E-state index in [1.54, 1.807) is 0 Å². The maximum atomic E-state index is 6.22. The first-order valence-corrected chi connectivity index (χ1v) is 20.9. The molecule has 304 valence electrons. The Morgan fingerprint density at radius 3 is 0.921 bits per heavy atom. The minimum absolute atomic E-state index is 0.774. The van der Waals surface area contributed by atoms with Crippen molar-refractivity contribution in [3.05, 3.63) is 248 Å². The standard InChI is InChI=1S/C59H45NO3/c1-4-43-17-35-55(36-18-43)62-58-13-7-10-49(40-58)46-23-29-52(30-24-46)60(51-27-21-45(22-28-51)48-9-6-12-57(39-48)61-54-33-15-42(3)16-34-54)53-31-25-47(26-32-53)50-11-8-14-59(41-50)63-56-37-19-44(5-2)20-38-56/h4-41H,1-2H2,3H3. The topological polar surface area (TPSA) is 30.9 Å². The molecule has 0 unspecified atom stereocenters. The van der Waals surface area contributed by atoms with Crippen LogP contribution in [0.25, 0.3) is 45.5 Å². The van der Waals surface area contributed by atoms with Gasteiger partial charge in [0.05, 0.1) is 0 Å². The van der Waals surface area contributed by atoms with E-state index in [2.05, 4.69) is 146 Å². The highest BCUT2D eigenvalue weighted by atomic mass is 16.5. The Balaban J connectivity index is 1.00. The van der Waals surface area contributed by atoms with Crippen molar-refractivity contribution in [2.75, 3.05) is 4.90 Å². The third-order valence-corrected chi connectivity index (χ3v) is 10.8. The average Bonchev–Trinajstić information content (AvgIpc) is 3.34. The van der Waals surface area contributed by atoms with Crippen molar-refractivity contribution in [2.24, 2.45) is 0 Å². The molecule has 0 saturated heterocycles. The molecule has 0 heterocycles. The van der Waals surface area contributed by atoms with E-state index >= 15 is 0 Å². The van der Waals surface area contributed by atoms with Crippen LogP contribution in [0.2, 0.25) is 0 Å². The van der Waals surface area contributed by atoms with Gasteiger partial charge in [-0.15, -0.1) is 0 Å². The number of anilines is 3. The Morgan fingerprint density at radius 2 is 0.619 bits per heavy atom. The average molecular weight is 816 g/mol. The van der Waals surface area contributed by atoms with Crippen LogP contribution in [0.5, 0.6) is 34.5 Å². The molecular weight excluding hydrogens is 771 g/mol. The van der Waals surface area contributed by atoms with Crippen molar-refractivity contribution in [2.45, 2.75) is 6.92 Å². The lowest BCUT2D eigenvalue weighted by Crippen LogP contribution is -2.09. The van der Waals surface area contributed by atoms with Crippen LogP contribution in [-0.4, -0.2) is 0 Å². The largest absolute Gasteiger partial charge is 0.457 e. The summed E-state index contributed by atoms with van der Waals surface area (Å²) in [5, 5.41) is 0. The quantitative estimate of drug-likeness (QED) is 0.109. The molecule has 9 rings (SSSR count). The lowest BCUT2D eigenvalue weighted by Gasteiger charge is -2.26. The Kier molecular flexibility index (Phi) is 11.8. The summed E-state index contributed by atoms with van der Waals surface area (Å²) in [6.07, 6.45) is 3.65. The summed E-state index contributed by atoms with van der Waals surface area (Å²) in [6, 6.07) is 74.6. The number of aryl methyl sites for hydroxylation is 1. The number of nitrogens with zero attached hydrogens (tertiary/aromatic N) is 1. The monoisotopic (exact) mass is 815 g/mol. The van der Waals surface area contributed by atoms with Crippen molar-refractivity contribution in [1.82, 2.24) is 0 Å². The predicted molar refractivity (Wildman–Crippen MR) is 262 cm³/mol. The van der Waals surface area contributed by atoms with Gasteiger partial charge >= 0.3 is 0 Å². The highest BCUT2D eigenvalue weighted by molar-refractivity contribution is 5.81. The number of ether oxygens (including phenoxy) is 3. The second-order valence-corrected chi connectivity index (χ2v) is 15.2. The Hall–Kier alpha value is -8.34. The molecule has 0 aliphatic heterocycles. The molecule has 63 heavy (non-hydrogen) atoms. The molecule has 0 amide bonds. The fourth-order valence-electron chi connectivity index (χ4n) is 7.43. The molecule has 0 saturated carbocycles. The third kappa shape index (κ3) is 9.68. The first-order valence-electron chi connectivity index (χ1n) is 20.9. The van der Waals surface area contributed by atoms with Gasteiger partial charge in [0.1, 0.15) is 34.5 Å². The molecule has 9 aromatic rings. The van der Waals surface area contributed by atoms with E-state index in [0.717, 1.165) is 96.1 Å². The van der Waals surface area contributed by atoms with Gasteiger partial charge in [-0.3, -0.25) is 0 Å². The third-order valence-electron chi connectivity index (χ3n) is 10.8.